The Labute approximate surface area is 166 Å². The second-order valence-corrected chi connectivity index (χ2v) is 7.59. The van der Waals surface area contributed by atoms with Gasteiger partial charge in [0.05, 0.1) is 12.1 Å². The molecule has 0 aromatic rings. The summed E-state index contributed by atoms with van der Waals surface area (Å²) >= 11 is 0. The standard InChI is InChI=1S/C22H43NO4/c1-3-5-6-7-8-9-10-11-12-13-14-15-16-17-19(25)20(23)22(27)21(26)18(24)4-2/h16-20,22,24-25,27H,3-15,23H2,1-2H3/b17-16+/t18?,19-,20-,22?/m1/s1. The fourth-order valence-electron chi connectivity index (χ4n) is 3.07. The predicted octanol–water partition coefficient (Wildman–Crippen LogP) is 3.63. The van der Waals surface area contributed by atoms with Crippen molar-refractivity contribution >= 4 is 5.78 Å². The summed E-state index contributed by atoms with van der Waals surface area (Å²) in [5, 5.41) is 29.3. The van der Waals surface area contributed by atoms with Gasteiger partial charge >= 0.3 is 0 Å². The molecule has 5 heteroatoms. The van der Waals surface area contributed by atoms with E-state index in [0.29, 0.717) is 0 Å². The number of carbonyl (C=O) groups is 1. The van der Waals surface area contributed by atoms with E-state index in [-0.39, 0.29) is 6.42 Å². The number of Topliss-reactive ketones (excluding diaryl/α,β-unsaturated/α-hetero) is 1. The van der Waals surface area contributed by atoms with Gasteiger partial charge in [0.25, 0.3) is 0 Å². The molecule has 0 spiro atoms. The van der Waals surface area contributed by atoms with Gasteiger partial charge in [-0.3, -0.25) is 4.79 Å². The highest BCUT2D eigenvalue weighted by Crippen LogP contribution is 2.12. The number of allylic oxidation sites excluding steroid dienone is 1. The van der Waals surface area contributed by atoms with Crippen molar-refractivity contribution in [2.24, 2.45) is 5.73 Å². The van der Waals surface area contributed by atoms with Crippen molar-refractivity contribution in [3.05, 3.63) is 12.2 Å². The maximum absolute atomic E-state index is 11.7. The zero-order chi connectivity index (χ0) is 20.5. The molecule has 0 bridgehead atoms. The molecule has 2 unspecified atom stereocenters. The first kappa shape index (κ1) is 26.2. The lowest BCUT2D eigenvalue weighted by atomic mass is 9.97. The van der Waals surface area contributed by atoms with Gasteiger partial charge in [0, 0.05) is 0 Å². The van der Waals surface area contributed by atoms with E-state index >= 15 is 0 Å². The minimum atomic E-state index is -1.55. The molecule has 160 valence electrons. The van der Waals surface area contributed by atoms with E-state index in [1.807, 2.05) is 6.08 Å². The van der Waals surface area contributed by atoms with Crippen LogP contribution >= 0.6 is 0 Å². The fourth-order valence-corrected chi connectivity index (χ4v) is 3.07. The molecule has 0 amide bonds. The van der Waals surface area contributed by atoms with Crippen molar-refractivity contribution in [3.63, 3.8) is 0 Å². The molecule has 0 aliphatic rings. The number of carbonyl (C=O) groups excluding carboxylic acids is 1. The van der Waals surface area contributed by atoms with Gasteiger partial charge in [-0.2, -0.15) is 0 Å². The highest BCUT2D eigenvalue weighted by Gasteiger charge is 2.30. The van der Waals surface area contributed by atoms with Gasteiger partial charge in [0.2, 0.25) is 0 Å². The number of ketones is 1. The Balaban J connectivity index is 3.71. The third-order valence-corrected chi connectivity index (χ3v) is 5.07. The van der Waals surface area contributed by atoms with E-state index in [2.05, 4.69) is 6.92 Å². The summed E-state index contributed by atoms with van der Waals surface area (Å²) < 4.78 is 0. The molecule has 0 rings (SSSR count). The Bertz CT molecular complexity index is 387. The van der Waals surface area contributed by atoms with Crippen LogP contribution in [0.1, 0.15) is 97.3 Å². The van der Waals surface area contributed by atoms with Crippen LogP contribution in [-0.4, -0.2) is 45.5 Å². The van der Waals surface area contributed by atoms with Crippen LogP contribution in [0.25, 0.3) is 0 Å². The molecule has 0 aromatic heterocycles. The quantitative estimate of drug-likeness (QED) is 0.213. The van der Waals surface area contributed by atoms with Gasteiger partial charge in [-0.25, -0.2) is 0 Å². The number of rotatable bonds is 18. The van der Waals surface area contributed by atoms with Gasteiger partial charge < -0.3 is 21.1 Å². The van der Waals surface area contributed by atoms with E-state index < -0.39 is 30.1 Å². The normalized spacial score (nSPS) is 16.4. The van der Waals surface area contributed by atoms with E-state index in [0.717, 1.165) is 12.8 Å². The Kier molecular flexibility index (Phi) is 16.9. The maximum Gasteiger partial charge on any atom is 0.191 e. The first-order valence-corrected chi connectivity index (χ1v) is 11.0. The Hall–Kier alpha value is -0.750. The first-order valence-electron chi connectivity index (χ1n) is 11.0. The van der Waals surface area contributed by atoms with Crippen LogP contribution in [0.4, 0.5) is 0 Å². The van der Waals surface area contributed by atoms with Crippen molar-refractivity contribution in [2.75, 3.05) is 0 Å². The van der Waals surface area contributed by atoms with Crippen molar-refractivity contribution in [1.82, 2.24) is 0 Å². The van der Waals surface area contributed by atoms with Gasteiger partial charge in [-0.1, -0.05) is 90.2 Å². The topological polar surface area (TPSA) is 104 Å². The van der Waals surface area contributed by atoms with Crippen LogP contribution < -0.4 is 5.73 Å². The number of hydrogen-bond acceptors (Lipinski definition) is 5. The molecule has 0 radical (unpaired) electrons. The zero-order valence-corrected chi connectivity index (χ0v) is 17.5. The van der Waals surface area contributed by atoms with E-state index in [9.17, 15) is 20.1 Å². The smallest absolute Gasteiger partial charge is 0.191 e. The maximum atomic E-state index is 11.7. The van der Waals surface area contributed by atoms with Crippen LogP contribution in [0.5, 0.6) is 0 Å². The van der Waals surface area contributed by atoms with Crippen LogP contribution in [0.3, 0.4) is 0 Å². The molecule has 0 aliphatic heterocycles. The van der Waals surface area contributed by atoms with Crippen LogP contribution in [0, 0.1) is 0 Å². The average molecular weight is 386 g/mol. The number of hydrogen-bond donors (Lipinski definition) is 4. The van der Waals surface area contributed by atoms with Crippen molar-refractivity contribution in [3.8, 4) is 0 Å². The minimum Gasteiger partial charge on any atom is -0.387 e. The molecule has 0 heterocycles. The minimum absolute atomic E-state index is 0.216. The molecule has 0 fully saturated rings. The van der Waals surface area contributed by atoms with Crippen LogP contribution in [0.2, 0.25) is 0 Å². The zero-order valence-electron chi connectivity index (χ0n) is 17.5. The van der Waals surface area contributed by atoms with Gasteiger partial charge in [-0.15, -0.1) is 0 Å². The second kappa shape index (κ2) is 17.4. The lowest BCUT2D eigenvalue weighted by molar-refractivity contribution is -0.137. The summed E-state index contributed by atoms with van der Waals surface area (Å²) in [6.45, 7) is 3.89. The van der Waals surface area contributed by atoms with Gasteiger partial charge in [-0.05, 0) is 19.3 Å². The third kappa shape index (κ3) is 13.1. The molecule has 0 aliphatic carbocycles. The molecular weight excluding hydrogens is 342 g/mol. The van der Waals surface area contributed by atoms with Gasteiger partial charge in [0.1, 0.15) is 12.2 Å². The summed E-state index contributed by atoms with van der Waals surface area (Å²) in [6.07, 6.45) is 14.8. The molecular formula is C22H43NO4. The van der Waals surface area contributed by atoms with E-state index in [1.54, 1.807) is 6.92 Å². The fraction of sp³-hybridized carbons (Fsp3) is 0.864. The number of aliphatic hydroxyl groups excluding tert-OH is 3. The van der Waals surface area contributed by atoms with Crippen LogP contribution in [-0.2, 0) is 4.79 Å². The number of unbranched alkanes of at least 4 members (excludes halogenated alkanes) is 11. The molecule has 0 saturated carbocycles. The summed E-state index contributed by atoms with van der Waals surface area (Å²) in [7, 11) is 0. The van der Waals surface area contributed by atoms with Crippen LogP contribution in [0.15, 0.2) is 12.2 Å². The average Bonchev–Trinajstić information content (AvgIpc) is 2.68. The molecule has 5 nitrogen and oxygen atoms in total. The summed E-state index contributed by atoms with van der Waals surface area (Å²) in [5.41, 5.74) is 5.72. The first-order chi connectivity index (χ1) is 13.0. The summed E-state index contributed by atoms with van der Waals surface area (Å²) in [6, 6.07) is -1.12. The molecule has 0 saturated heterocycles. The highest BCUT2D eigenvalue weighted by molar-refractivity contribution is 5.87. The summed E-state index contributed by atoms with van der Waals surface area (Å²) in [4.78, 5) is 11.7. The van der Waals surface area contributed by atoms with Crippen molar-refractivity contribution in [1.29, 1.82) is 0 Å². The summed E-state index contributed by atoms with van der Waals surface area (Å²) in [5.74, 6) is -0.734. The van der Waals surface area contributed by atoms with Crippen molar-refractivity contribution < 1.29 is 20.1 Å². The lowest BCUT2D eigenvalue weighted by Gasteiger charge is -2.22. The molecule has 27 heavy (non-hydrogen) atoms. The number of aliphatic hydroxyl groups is 3. The lowest BCUT2D eigenvalue weighted by Crippen LogP contribution is -2.50. The predicted molar refractivity (Wildman–Crippen MR) is 112 cm³/mol. The molecule has 4 atom stereocenters. The second-order valence-electron chi connectivity index (χ2n) is 7.59. The van der Waals surface area contributed by atoms with E-state index in [4.69, 9.17) is 5.73 Å². The van der Waals surface area contributed by atoms with Crippen molar-refractivity contribution in [2.45, 2.75) is 122 Å². The Morgan fingerprint density at radius 2 is 1.33 bits per heavy atom. The monoisotopic (exact) mass is 385 g/mol. The highest BCUT2D eigenvalue weighted by atomic mass is 16.3. The SMILES string of the molecule is CCCCCCCCCCCCC/C=C/[C@@H](O)[C@@H](N)C(O)C(=O)C(O)CC. The molecule has 0 aromatic carbocycles. The Morgan fingerprint density at radius 3 is 1.81 bits per heavy atom. The molecule has 5 N–H and O–H groups in total. The van der Waals surface area contributed by atoms with Gasteiger partial charge in [0.15, 0.2) is 5.78 Å². The third-order valence-electron chi connectivity index (χ3n) is 5.07. The number of nitrogens with two attached hydrogens (primary N) is 1. The van der Waals surface area contributed by atoms with E-state index in [1.165, 1.54) is 70.3 Å². The largest absolute Gasteiger partial charge is 0.387 e. The Morgan fingerprint density at radius 1 is 0.852 bits per heavy atom.